The van der Waals surface area contributed by atoms with Crippen molar-refractivity contribution in [2.24, 2.45) is 11.8 Å². The molecule has 1 fully saturated rings. The Morgan fingerprint density at radius 2 is 2.46 bits per heavy atom. The summed E-state index contributed by atoms with van der Waals surface area (Å²) in [6, 6.07) is 1.96. The quantitative estimate of drug-likeness (QED) is 0.747. The van der Waals surface area contributed by atoms with Crippen LogP contribution >= 0.6 is 0 Å². The summed E-state index contributed by atoms with van der Waals surface area (Å²) in [6.45, 7) is 4.55. The lowest BCUT2D eigenvalue weighted by atomic mass is 10.1. The highest BCUT2D eigenvalue weighted by atomic mass is 15.2. The molecule has 0 bridgehead atoms. The summed E-state index contributed by atoms with van der Waals surface area (Å²) in [5, 5.41) is 6.94. The van der Waals surface area contributed by atoms with Crippen molar-refractivity contribution in [2.45, 2.75) is 32.6 Å². The SMILES string of the molecule is CC(C)CC1CC1c1cc(N)n[nH]1. The van der Waals surface area contributed by atoms with E-state index in [1.807, 2.05) is 6.07 Å². The zero-order valence-corrected chi connectivity index (χ0v) is 8.25. The number of rotatable bonds is 3. The first-order valence-electron chi connectivity index (χ1n) is 4.97. The van der Waals surface area contributed by atoms with Crippen LogP contribution in [0.2, 0.25) is 0 Å². The highest BCUT2D eigenvalue weighted by Gasteiger charge is 2.39. The standard InChI is InChI=1S/C10H17N3/c1-6(2)3-7-4-8(7)9-5-10(11)13-12-9/h5-8H,3-4H2,1-2H3,(H3,11,12,13). The van der Waals surface area contributed by atoms with Crippen LogP contribution < -0.4 is 5.73 Å². The van der Waals surface area contributed by atoms with Crippen molar-refractivity contribution in [2.75, 3.05) is 5.73 Å². The molecular formula is C10H17N3. The number of aromatic amines is 1. The van der Waals surface area contributed by atoms with Gasteiger partial charge in [-0.25, -0.2) is 0 Å². The summed E-state index contributed by atoms with van der Waals surface area (Å²) in [5.41, 5.74) is 6.77. The van der Waals surface area contributed by atoms with Gasteiger partial charge >= 0.3 is 0 Å². The third-order valence-corrected chi connectivity index (χ3v) is 2.71. The van der Waals surface area contributed by atoms with Gasteiger partial charge in [0.25, 0.3) is 0 Å². The smallest absolute Gasteiger partial charge is 0.145 e. The van der Waals surface area contributed by atoms with Gasteiger partial charge in [0, 0.05) is 17.7 Å². The lowest BCUT2D eigenvalue weighted by Gasteiger charge is -2.01. The van der Waals surface area contributed by atoms with E-state index in [1.165, 1.54) is 18.5 Å². The van der Waals surface area contributed by atoms with Crippen molar-refractivity contribution >= 4 is 5.82 Å². The van der Waals surface area contributed by atoms with Crippen LogP contribution in [-0.2, 0) is 0 Å². The number of aromatic nitrogens is 2. The summed E-state index contributed by atoms with van der Waals surface area (Å²) in [7, 11) is 0. The summed E-state index contributed by atoms with van der Waals surface area (Å²) in [5.74, 6) is 2.98. The molecule has 3 heteroatoms. The van der Waals surface area contributed by atoms with Gasteiger partial charge in [-0.05, 0) is 24.7 Å². The molecule has 1 aromatic heterocycles. The Kier molecular flexibility index (Phi) is 2.02. The van der Waals surface area contributed by atoms with Crippen LogP contribution in [0.4, 0.5) is 5.82 Å². The van der Waals surface area contributed by atoms with E-state index >= 15 is 0 Å². The van der Waals surface area contributed by atoms with E-state index in [4.69, 9.17) is 5.73 Å². The number of nitrogen functional groups attached to an aromatic ring is 1. The van der Waals surface area contributed by atoms with E-state index in [1.54, 1.807) is 0 Å². The molecular weight excluding hydrogens is 162 g/mol. The number of anilines is 1. The zero-order valence-electron chi connectivity index (χ0n) is 8.25. The van der Waals surface area contributed by atoms with Gasteiger partial charge in [0.05, 0.1) is 0 Å². The highest BCUT2D eigenvalue weighted by molar-refractivity contribution is 5.32. The molecule has 0 aromatic carbocycles. The first kappa shape index (κ1) is 8.60. The minimum atomic E-state index is 0.616. The third kappa shape index (κ3) is 1.85. The normalized spacial score (nSPS) is 26.7. The van der Waals surface area contributed by atoms with Gasteiger partial charge in [-0.1, -0.05) is 13.8 Å². The number of nitrogens with two attached hydrogens (primary N) is 1. The molecule has 2 unspecified atom stereocenters. The summed E-state index contributed by atoms with van der Waals surface area (Å²) in [6.07, 6.45) is 2.63. The first-order valence-corrected chi connectivity index (χ1v) is 4.97. The predicted molar refractivity (Wildman–Crippen MR) is 53.3 cm³/mol. The Hall–Kier alpha value is -0.990. The Labute approximate surface area is 78.7 Å². The maximum absolute atomic E-state index is 5.55. The van der Waals surface area contributed by atoms with Crippen LogP contribution in [-0.4, -0.2) is 10.2 Å². The Morgan fingerprint density at radius 3 is 3.00 bits per heavy atom. The molecule has 0 spiro atoms. The van der Waals surface area contributed by atoms with Crippen molar-refractivity contribution in [1.82, 2.24) is 10.2 Å². The van der Waals surface area contributed by atoms with E-state index in [-0.39, 0.29) is 0 Å². The van der Waals surface area contributed by atoms with E-state index in [0.29, 0.717) is 11.7 Å². The van der Waals surface area contributed by atoms with E-state index in [9.17, 15) is 0 Å². The second-order valence-corrected chi connectivity index (χ2v) is 4.48. The molecule has 2 rings (SSSR count). The molecule has 72 valence electrons. The van der Waals surface area contributed by atoms with Crippen molar-refractivity contribution in [3.63, 3.8) is 0 Å². The molecule has 1 heterocycles. The number of hydrogen-bond donors (Lipinski definition) is 2. The number of hydrogen-bond acceptors (Lipinski definition) is 2. The molecule has 1 aliphatic carbocycles. The molecule has 1 saturated carbocycles. The van der Waals surface area contributed by atoms with E-state index < -0.39 is 0 Å². The van der Waals surface area contributed by atoms with Crippen molar-refractivity contribution < 1.29 is 0 Å². The average Bonchev–Trinajstić information content (AvgIpc) is 2.63. The first-order chi connectivity index (χ1) is 6.16. The third-order valence-electron chi connectivity index (χ3n) is 2.71. The van der Waals surface area contributed by atoms with Gasteiger partial charge in [0.1, 0.15) is 5.82 Å². The zero-order chi connectivity index (χ0) is 9.42. The summed E-state index contributed by atoms with van der Waals surface area (Å²) in [4.78, 5) is 0. The minimum absolute atomic E-state index is 0.616. The Balaban J connectivity index is 1.92. The molecule has 1 aliphatic rings. The van der Waals surface area contributed by atoms with Crippen LogP contribution in [0.15, 0.2) is 6.07 Å². The van der Waals surface area contributed by atoms with Crippen molar-refractivity contribution in [3.05, 3.63) is 11.8 Å². The molecule has 0 aliphatic heterocycles. The number of nitrogens with zero attached hydrogens (tertiary/aromatic N) is 1. The van der Waals surface area contributed by atoms with Crippen molar-refractivity contribution in [3.8, 4) is 0 Å². The molecule has 0 amide bonds. The topological polar surface area (TPSA) is 54.7 Å². The monoisotopic (exact) mass is 179 g/mol. The fourth-order valence-corrected chi connectivity index (χ4v) is 2.04. The van der Waals surface area contributed by atoms with Crippen LogP contribution in [0.25, 0.3) is 0 Å². The molecule has 2 atom stereocenters. The molecule has 3 nitrogen and oxygen atoms in total. The van der Waals surface area contributed by atoms with Gasteiger partial charge in [-0.3, -0.25) is 5.10 Å². The second kappa shape index (κ2) is 3.05. The van der Waals surface area contributed by atoms with Gasteiger partial charge in [-0.15, -0.1) is 0 Å². The van der Waals surface area contributed by atoms with E-state index in [2.05, 4.69) is 24.0 Å². The van der Waals surface area contributed by atoms with Crippen molar-refractivity contribution in [1.29, 1.82) is 0 Å². The van der Waals surface area contributed by atoms with Gasteiger partial charge in [0.15, 0.2) is 0 Å². The number of H-pyrrole nitrogens is 1. The van der Waals surface area contributed by atoms with Crippen LogP contribution in [0.5, 0.6) is 0 Å². The minimum Gasteiger partial charge on any atom is -0.382 e. The molecule has 0 radical (unpaired) electrons. The Morgan fingerprint density at radius 1 is 1.69 bits per heavy atom. The summed E-state index contributed by atoms with van der Waals surface area (Å²) < 4.78 is 0. The van der Waals surface area contributed by atoms with E-state index in [0.717, 1.165) is 11.8 Å². The van der Waals surface area contributed by atoms with Crippen LogP contribution in [0.3, 0.4) is 0 Å². The average molecular weight is 179 g/mol. The van der Waals surface area contributed by atoms with Gasteiger partial charge in [0.2, 0.25) is 0 Å². The maximum Gasteiger partial charge on any atom is 0.145 e. The highest BCUT2D eigenvalue weighted by Crippen LogP contribution is 2.50. The second-order valence-electron chi connectivity index (χ2n) is 4.48. The number of nitrogens with one attached hydrogen (secondary N) is 1. The fraction of sp³-hybridized carbons (Fsp3) is 0.700. The lowest BCUT2D eigenvalue weighted by Crippen LogP contribution is -1.91. The lowest BCUT2D eigenvalue weighted by molar-refractivity contribution is 0.530. The van der Waals surface area contributed by atoms with Gasteiger partial charge in [-0.2, -0.15) is 5.10 Å². The summed E-state index contributed by atoms with van der Waals surface area (Å²) >= 11 is 0. The largest absolute Gasteiger partial charge is 0.382 e. The molecule has 13 heavy (non-hydrogen) atoms. The van der Waals surface area contributed by atoms with Gasteiger partial charge < -0.3 is 5.73 Å². The molecule has 3 N–H and O–H groups in total. The van der Waals surface area contributed by atoms with Crippen LogP contribution in [0.1, 0.15) is 38.3 Å². The van der Waals surface area contributed by atoms with Crippen LogP contribution in [0, 0.1) is 11.8 Å². The molecule has 1 aromatic rings. The maximum atomic E-state index is 5.55. The Bertz CT molecular complexity index is 290. The fourth-order valence-electron chi connectivity index (χ4n) is 2.04. The molecule has 0 saturated heterocycles. The predicted octanol–water partition coefficient (Wildman–Crippen LogP) is 2.14.